The normalized spacial score (nSPS) is 55.1. The van der Waals surface area contributed by atoms with Gasteiger partial charge in [0, 0.05) is 5.41 Å². The minimum absolute atomic E-state index is 0.0534. The summed E-state index contributed by atoms with van der Waals surface area (Å²) in [4.78, 5) is 15.3. The predicted molar refractivity (Wildman–Crippen MR) is 321 cm³/mol. The van der Waals surface area contributed by atoms with Gasteiger partial charge in [0.1, 0.15) is 128 Å². The Balaban J connectivity index is 0.780. The molecule has 18 N–H and O–H groups in total. The Morgan fingerprint density at radius 1 is 0.500 bits per heavy atom. The van der Waals surface area contributed by atoms with E-state index >= 15 is 4.79 Å². The molecule has 10 fully saturated rings. The number of carbonyl (C=O) groups excluding carboxylic acids is 1. The van der Waals surface area contributed by atoms with Gasteiger partial charge in [-0.05, 0) is 117 Å². The number of carbonyl (C=O) groups is 1. The topological polar surface area (TPSA) is 492 Å². The molecule has 0 aromatic rings. The van der Waals surface area contributed by atoms with Gasteiger partial charge < -0.3 is 149 Å². The highest BCUT2D eigenvalue weighted by Gasteiger charge is 2.71. The van der Waals surface area contributed by atoms with Crippen LogP contribution in [0.1, 0.15) is 120 Å². The van der Waals surface area contributed by atoms with Crippen molar-refractivity contribution < 1.29 is 154 Å². The van der Waals surface area contributed by atoms with Crippen molar-refractivity contribution in [3.8, 4) is 0 Å². The van der Waals surface area contributed by atoms with Crippen LogP contribution >= 0.6 is 0 Å². The van der Waals surface area contributed by atoms with Gasteiger partial charge in [-0.3, -0.25) is 4.79 Å². The van der Waals surface area contributed by atoms with Crippen molar-refractivity contribution in [2.45, 2.75) is 304 Å². The molecule has 0 unspecified atom stereocenters. The molecule has 38 atom stereocenters. The van der Waals surface area contributed by atoms with Crippen LogP contribution in [0.15, 0.2) is 11.6 Å². The summed E-state index contributed by atoms with van der Waals surface area (Å²) < 4.78 is 71.8. The molecule has 0 aromatic carbocycles. The second-order valence-electron chi connectivity index (χ2n) is 31.3. The number of ether oxygens (including phenoxy) is 12. The fraction of sp³-hybridized carbons (Fsp3) is 0.954. The maximum atomic E-state index is 15.3. The smallest absolute Gasteiger partial charge is 0.315 e. The van der Waals surface area contributed by atoms with Gasteiger partial charge in [-0.2, -0.15) is 0 Å². The second kappa shape index (κ2) is 28.3. The number of rotatable bonds is 16. The van der Waals surface area contributed by atoms with Crippen LogP contribution in [0, 0.1) is 50.2 Å². The lowest BCUT2D eigenvalue weighted by Gasteiger charge is -2.71. The molecule has 552 valence electrons. The lowest BCUT2D eigenvalue weighted by molar-refractivity contribution is -0.391. The summed E-state index contributed by atoms with van der Waals surface area (Å²) in [5.74, 6) is -1.08. The average Bonchev–Trinajstić information content (AvgIpc) is 0.675. The highest BCUT2D eigenvalue weighted by atomic mass is 16.8. The van der Waals surface area contributed by atoms with Gasteiger partial charge in [0.15, 0.2) is 31.5 Å². The van der Waals surface area contributed by atoms with Gasteiger partial charge in [0.25, 0.3) is 0 Å². The van der Waals surface area contributed by atoms with E-state index in [1.165, 1.54) is 13.8 Å². The summed E-state index contributed by atoms with van der Waals surface area (Å²) in [6.07, 6.45) is -40.6. The number of allylic oxidation sites excluding steroid dienone is 2. The molecule has 0 amide bonds. The number of aliphatic hydroxyl groups excluding tert-OH is 18. The summed E-state index contributed by atoms with van der Waals surface area (Å²) in [6, 6.07) is 0. The van der Waals surface area contributed by atoms with Crippen molar-refractivity contribution in [1.29, 1.82) is 0 Å². The third kappa shape index (κ3) is 12.8. The van der Waals surface area contributed by atoms with Crippen LogP contribution in [0.3, 0.4) is 0 Å². The van der Waals surface area contributed by atoms with E-state index in [0.29, 0.717) is 57.8 Å². The summed E-state index contributed by atoms with van der Waals surface area (Å²) >= 11 is 0. The molecule has 11 rings (SSSR count). The van der Waals surface area contributed by atoms with E-state index in [-0.39, 0.29) is 41.8 Å². The van der Waals surface area contributed by atoms with E-state index in [0.717, 1.165) is 12.0 Å². The van der Waals surface area contributed by atoms with Crippen LogP contribution in [0.25, 0.3) is 0 Å². The first kappa shape index (κ1) is 75.2. The van der Waals surface area contributed by atoms with E-state index in [1.807, 2.05) is 6.92 Å². The van der Waals surface area contributed by atoms with Crippen molar-refractivity contribution in [1.82, 2.24) is 0 Å². The number of esters is 1. The molecule has 11 aliphatic rings. The quantitative estimate of drug-likeness (QED) is 0.0392. The second-order valence-corrected chi connectivity index (χ2v) is 31.3. The molecule has 6 saturated heterocycles. The molecule has 0 aromatic heterocycles. The SMILES string of the molecule is C[C@@H]1O[C@@H](O[C@H]2[C@H](O)[C@@H](O)[C@H](OC[C@H]3O[C@@H](OC(=O)[C@]45CCC(C)(C)C[C@H]4C4=CC[C@@H]6[C@@]7(C)CC[C@H](O[C@@H]8OC[C@H](O)[C@H](O)[C@H]8O[C@@H]8O[C@@H](C)[C@H](O)[C@@H](O)[C@H]8O[C@@H]8O[C@H](CO)[C@H](O)[C@H](O)[C@H]8O)[C@@](C)(CO)[C@@H]7CC[C@@]6(C)[C@]4(C)CC5)[C@H](O)[C@@H](O)[C@@H]3O)O[C@@H]2CO)[C@H](O)[C@H](O)[C@H]1O. The summed E-state index contributed by atoms with van der Waals surface area (Å²) in [7, 11) is 0. The van der Waals surface area contributed by atoms with E-state index in [9.17, 15) is 91.9 Å². The van der Waals surface area contributed by atoms with Crippen LogP contribution in [-0.4, -0.2) is 315 Å². The number of fused-ring (bicyclic) bond motifs is 7. The Labute approximate surface area is 556 Å². The average molecular weight is 1380 g/mol. The molecule has 31 nitrogen and oxygen atoms in total. The van der Waals surface area contributed by atoms with E-state index < -0.39 is 232 Å². The van der Waals surface area contributed by atoms with Crippen LogP contribution in [0.2, 0.25) is 0 Å². The first-order valence-electron chi connectivity index (χ1n) is 34.1. The number of hydrogen-bond donors (Lipinski definition) is 18. The lowest BCUT2D eigenvalue weighted by atomic mass is 9.33. The zero-order valence-electron chi connectivity index (χ0n) is 55.6. The van der Waals surface area contributed by atoms with Crippen molar-refractivity contribution in [2.75, 3.05) is 33.0 Å². The largest absolute Gasteiger partial charge is 0.432 e. The Hall–Kier alpha value is -1.95. The fourth-order valence-corrected chi connectivity index (χ4v) is 19.0. The minimum Gasteiger partial charge on any atom is -0.432 e. The van der Waals surface area contributed by atoms with Crippen LogP contribution in [0.5, 0.6) is 0 Å². The maximum absolute atomic E-state index is 15.3. The standard InChI is InChI=1S/C65H106O31/c1-25-36(70)41(75)46(80)54(87-25)93-50-31(21-67)90-53(49(83)45(50)79)86-23-32-40(74)43(77)48(82)56(91-32)96-59(84)65-17-15-60(3,4)19-28(65)27-9-10-34-61(5)13-12-35(62(6,24-68)33(61)11-14-64(34,8)63(27,7)16-18-65)92-57-51(38(72)29(69)22-85-57)95-58-52(44(78)37(71)26(2)88-58)94-55-47(81)42(76)39(73)30(20-66)89-55/h9,25-26,28-58,66-83H,10-24H2,1-8H3/t25-,26-,28-,29-,30+,31+,32+,33+,34+,35-,36-,37-,38-,39-,40+,41+,42-,43-,44+,45+,46+,47+,48+,49+,50+,51+,52+,53+,54-,55-,56-,57-,58-,61-,62-,63+,64+,65-/m0/s1. The summed E-state index contributed by atoms with van der Waals surface area (Å²) in [5, 5.41) is 196. The Kier molecular flexibility index (Phi) is 22.1. The number of hydrogen-bond acceptors (Lipinski definition) is 31. The molecule has 0 spiro atoms. The van der Waals surface area contributed by atoms with Crippen molar-refractivity contribution in [3.63, 3.8) is 0 Å². The zero-order chi connectivity index (χ0) is 70.0. The number of aliphatic hydroxyl groups is 18. The maximum Gasteiger partial charge on any atom is 0.315 e. The first-order valence-corrected chi connectivity index (χ1v) is 34.1. The van der Waals surface area contributed by atoms with Gasteiger partial charge in [-0.25, -0.2) is 0 Å². The predicted octanol–water partition coefficient (Wildman–Crippen LogP) is -4.72. The van der Waals surface area contributed by atoms with Gasteiger partial charge in [-0.1, -0.05) is 53.2 Å². The van der Waals surface area contributed by atoms with Gasteiger partial charge in [-0.15, -0.1) is 0 Å². The first-order chi connectivity index (χ1) is 45.1. The molecule has 31 heteroatoms. The zero-order valence-corrected chi connectivity index (χ0v) is 55.6. The van der Waals surface area contributed by atoms with Gasteiger partial charge >= 0.3 is 5.97 Å². The van der Waals surface area contributed by atoms with Crippen LogP contribution < -0.4 is 0 Å². The Morgan fingerprint density at radius 3 is 1.69 bits per heavy atom. The molecular formula is C65H106O31. The van der Waals surface area contributed by atoms with Gasteiger partial charge in [0.2, 0.25) is 6.29 Å². The monoisotopic (exact) mass is 1380 g/mol. The van der Waals surface area contributed by atoms with Crippen LogP contribution in [-0.2, 0) is 61.6 Å². The highest BCUT2D eigenvalue weighted by Crippen LogP contribution is 2.76. The van der Waals surface area contributed by atoms with E-state index in [1.54, 1.807) is 0 Å². The third-order valence-corrected chi connectivity index (χ3v) is 25.3. The molecule has 0 radical (unpaired) electrons. The molecular weight excluding hydrogens is 1280 g/mol. The molecule has 4 saturated carbocycles. The van der Waals surface area contributed by atoms with E-state index in [2.05, 4.69) is 40.7 Å². The molecule has 5 aliphatic carbocycles. The summed E-state index contributed by atoms with van der Waals surface area (Å²) in [5.41, 5.74) is -2.35. The molecule has 6 aliphatic heterocycles. The molecule has 6 heterocycles. The molecule has 0 bridgehead atoms. The van der Waals surface area contributed by atoms with E-state index in [4.69, 9.17) is 56.8 Å². The van der Waals surface area contributed by atoms with Crippen molar-refractivity contribution in [3.05, 3.63) is 11.6 Å². The Morgan fingerprint density at radius 2 is 1.03 bits per heavy atom. The fourth-order valence-electron chi connectivity index (χ4n) is 19.0. The molecule has 96 heavy (non-hydrogen) atoms. The Bertz CT molecular complexity index is 2690. The third-order valence-electron chi connectivity index (χ3n) is 25.3. The summed E-state index contributed by atoms with van der Waals surface area (Å²) in [6.45, 7) is 13.1. The minimum atomic E-state index is -1.93. The van der Waals surface area contributed by atoms with Gasteiger partial charge in [0.05, 0.1) is 56.8 Å². The van der Waals surface area contributed by atoms with Crippen LogP contribution in [0.4, 0.5) is 0 Å². The lowest BCUT2D eigenvalue weighted by Crippen LogP contribution is -2.67. The van der Waals surface area contributed by atoms with Crippen molar-refractivity contribution >= 4 is 5.97 Å². The highest BCUT2D eigenvalue weighted by molar-refractivity contribution is 5.79. The van der Waals surface area contributed by atoms with Crippen molar-refractivity contribution in [2.24, 2.45) is 50.2 Å².